The monoisotopic (exact) mass is 655 g/mol. The highest BCUT2D eigenvalue weighted by atomic mass is 35.5. The van der Waals surface area contributed by atoms with Crippen molar-refractivity contribution in [2.75, 3.05) is 18.5 Å². The Labute approximate surface area is 269 Å². The first-order chi connectivity index (χ1) is 22.7. The molecule has 12 nitrogen and oxygen atoms in total. The molecule has 6 rings (SSSR count). The Balaban J connectivity index is 1.38. The van der Waals surface area contributed by atoms with Gasteiger partial charge < -0.3 is 19.2 Å². The maximum atomic E-state index is 13.6. The minimum Gasteiger partial charge on any atom is -0.490 e. The van der Waals surface area contributed by atoms with E-state index in [9.17, 15) is 24.1 Å². The van der Waals surface area contributed by atoms with Crippen molar-refractivity contribution < 1.29 is 28.0 Å². The second kappa shape index (κ2) is 13.1. The lowest BCUT2D eigenvalue weighted by atomic mass is 10.2. The maximum absolute atomic E-state index is 13.6. The zero-order valence-corrected chi connectivity index (χ0v) is 25.2. The molecule has 0 saturated carbocycles. The molecular weight excluding hydrogens is 633 g/mol. The number of para-hydroxylation sites is 1. The molecule has 2 heterocycles. The van der Waals surface area contributed by atoms with Crippen LogP contribution in [0.4, 0.5) is 15.8 Å². The summed E-state index contributed by atoms with van der Waals surface area (Å²) < 4.78 is 31.7. The average Bonchev–Trinajstić information content (AvgIpc) is 3.47. The molecule has 2 aromatic heterocycles. The van der Waals surface area contributed by atoms with Gasteiger partial charge in [-0.05, 0) is 67.6 Å². The van der Waals surface area contributed by atoms with Crippen LogP contribution in [0, 0.1) is 15.9 Å². The highest BCUT2D eigenvalue weighted by Gasteiger charge is 2.24. The molecule has 0 radical (unpaired) electrons. The second-order valence-corrected chi connectivity index (χ2v) is 10.4. The molecule has 4 aromatic carbocycles. The molecule has 6 aromatic rings. The van der Waals surface area contributed by atoms with Gasteiger partial charge in [0, 0.05) is 27.7 Å². The minimum atomic E-state index is -0.700. The first-order valence-electron chi connectivity index (χ1n) is 14.1. The van der Waals surface area contributed by atoms with Gasteiger partial charge in [0.1, 0.15) is 11.4 Å². The summed E-state index contributed by atoms with van der Waals surface area (Å²) in [6.07, 6.45) is 1.23. The summed E-state index contributed by atoms with van der Waals surface area (Å²) in [4.78, 5) is 42.2. The number of anilines is 1. The van der Waals surface area contributed by atoms with E-state index in [1.54, 1.807) is 55.5 Å². The number of aromatic nitrogens is 2. The molecule has 0 aliphatic carbocycles. The van der Waals surface area contributed by atoms with E-state index in [1.165, 1.54) is 30.5 Å². The number of furan rings is 1. The summed E-state index contributed by atoms with van der Waals surface area (Å²) in [7, 11) is 0. The molecule has 0 saturated heterocycles. The van der Waals surface area contributed by atoms with E-state index in [4.69, 9.17) is 25.5 Å². The highest BCUT2D eigenvalue weighted by Crippen LogP contribution is 2.38. The standard InChI is InChI=1S/C33H23ClFN5O7/c1-2-45-28-13-19(12-26(40(43)44)31(28)46-18-30(41)37-23-7-5-6-22(35)16-23)17-36-39-32(38-25-9-4-3-8-24(25)33(39)42)29-15-20-14-21(34)10-11-27(20)47-29/h3-17H,2,18H2,1H3,(H,37,41). The van der Waals surface area contributed by atoms with E-state index in [0.717, 1.165) is 16.8 Å². The van der Waals surface area contributed by atoms with Crippen LogP contribution in [0.3, 0.4) is 0 Å². The van der Waals surface area contributed by atoms with Crippen LogP contribution in [0.5, 0.6) is 11.5 Å². The number of amides is 1. The van der Waals surface area contributed by atoms with E-state index in [1.807, 2.05) is 0 Å². The number of rotatable bonds is 10. The Kier molecular flexibility index (Phi) is 8.62. The second-order valence-electron chi connectivity index (χ2n) is 10.0. The number of hydrogen-bond acceptors (Lipinski definition) is 9. The number of nitrogens with one attached hydrogen (secondary N) is 1. The lowest BCUT2D eigenvalue weighted by molar-refractivity contribution is -0.385. The Hall–Kier alpha value is -6.08. The van der Waals surface area contributed by atoms with E-state index in [0.29, 0.717) is 21.5 Å². The minimum absolute atomic E-state index is 0.0416. The predicted octanol–water partition coefficient (Wildman–Crippen LogP) is 6.81. The SMILES string of the molecule is CCOc1cc(C=Nn2c(-c3cc4cc(Cl)ccc4o3)nc3ccccc3c2=O)cc([N+](=O)[O-])c1OCC(=O)Nc1cccc(F)c1. The van der Waals surface area contributed by atoms with E-state index in [2.05, 4.69) is 15.4 Å². The van der Waals surface area contributed by atoms with Gasteiger partial charge in [-0.15, -0.1) is 0 Å². The van der Waals surface area contributed by atoms with Crippen LogP contribution in [-0.2, 0) is 4.79 Å². The third-order valence-electron chi connectivity index (χ3n) is 6.78. The Morgan fingerprint density at radius 3 is 2.72 bits per heavy atom. The van der Waals surface area contributed by atoms with E-state index < -0.39 is 34.5 Å². The van der Waals surface area contributed by atoms with Crippen LogP contribution >= 0.6 is 11.6 Å². The Morgan fingerprint density at radius 2 is 1.94 bits per heavy atom. The first kappa shape index (κ1) is 30.9. The normalized spacial score (nSPS) is 11.3. The van der Waals surface area contributed by atoms with Gasteiger partial charge in [-0.3, -0.25) is 19.7 Å². The van der Waals surface area contributed by atoms with E-state index >= 15 is 0 Å². The summed E-state index contributed by atoms with van der Waals surface area (Å²) in [5.41, 5.74) is 0.265. The van der Waals surface area contributed by atoms with Crippen molar-refractivity contribution in [3.8, 4) is 23.1 Å². The number of benzene rings is 4. The molecule has 0 spiro atoms. The number of hydrogen-bond donors (Lipinski definition) is 1. The number of carbonyl (C=O) groups excluding carboxylic acids is 1. The quantitative estimate of drug-likeness (QED) is 0.0960. The molecule has 236 valence electrons. The average molecular weight is 656 g/mol. The topological polar surface area (TPSA) is 151 Å². The molecule has 47 heavy (non-hydrogen) atoms. The van der Waals surface area contributed by atoms with Gasteiger partial charge >= 0.3 is 5.69 Å². The van der Waals surface area contributed by atoms with Crippen LogP contribution in [0.2, 0.25) is 5.02 Å². The third kappa shape index (κ3) is 6.65. The molecule has 14 heteroatoms. The van der Waals surface area contributed by atoms with Crippen molar-refractivity contribution in [3.63, 3.8) is 0 Å². The van der Waals surface area contributed by atoms with Crippen molar-refractivity contribution in [2.45, 2.75) is 6.92 Å². The lowest BCUT2D eigenvalue weighted by Gasteiger charge is -2.13. The Morgan fingerprint density at radius 1 is 1.11 bits per heavy atom. The zero-order chi connectivity index (χ0) is 33.1. The molecule has 1 amide bonds. The molecule has 0 unspecified atom stereocenters. The molecule has 0 aliphatic rings. The van der Waals surface area contributed by atoms with Gasteiger partial charge in [0.2, 0.25) is 11.6 Å². The summed E-state index contributed by atoms with van der Waals surface area (Å²) in [5, 5.41) is 20.4. The molecule has 0 bridgehead atoms. The van der Waals surface area contributed by atoms with Crippen LogP contribution in [0.25, 0.3) is 33.5 Å². The largest absolute Gasteiger partial charge is 0.490 e. The summed E-state index contributed by atoms with van der Waals surface area (Å²) in [5.74, 6) is -1.24. The first-order valence-corrected chi connectivity index (χ1v) is 14.5. The Bertz CT molecular complexity index is 2270. The van der Waals surface area contributed by atoms with Crippen LogP contribution in [-0.4, -0.2) is 39.9 Å². The van der Waals surface area contributed by atoms with Gasteiger partial charge in [-0.1, -0.05) is 29.8 Å². The molecule has 1 N–H and O–H groups in total. The fraction of sp³-hybridized carbons (Fsp3) is 0.0909. The maximum Gasteiger partial charge on any atom is 0.315 e. The van der Waals surface area contributed by atoms with Crippen molar-refractivity contribution >= 4 is 57.0 Å². The van der Waals surface area contributed by atoms with Gasteiger partial charge in [-0.25, -0.2) is 9.37 Å². The lowest BCUT2D eigenvalue weighted by Crippen LogP contribution is -2.21. The number of ether oxygens (including phenoxy) is 2. The van der Waals surface area contributed by atoms with E-state index in [-0.39, 0.29) is 46.3 Å². The van der Waals surface area contributed by atoms with Crippen LogP contribution < -0.4 is 20.3 Å². The summed E-state index contributed by atoms with van der Waals surface area (Å²) >= 11 is 6.15. The highest BCUT2D eigenvalue weighted by molar-refractivity contribution is 6.31. The zero-order valence-electron chi connectivity index (χ0n) is 24.5. The number of halogens is 2. The number of carbonyl (C=O) groups is 1. The fourth-order valence-corrected chi connectivity index (χ4v) is 4.95. The van der Waals surface area contributed by atoms with Gasteiger partial charge in [0.15, 0.2) is 18.1 Å². The van der Waals surface area contributed by atoms with Gasteiger partial charge in [0.25, 0.3) is 11.5 Å². The number of nitro groups is 1. The molecule has 0 fully saturated rings. The summed E-state index contributed by atoms with van der Waals surface area (Å²) in [6, 6.07) is 21.3. The van der Waals surface area contributed by atoms with Gasteiger partial charge in [0.05, 0.1) is 28.6 Å². The van der Waals surface area contributed by atoms with Crippen molar-refractivity contribution in [1.29, 1.82) is 0 Å². The van der Waals surface area contributed by atoms with Crippen LogP contribution in [0.15, 0.2) is 99.2 Å². The number of nitro benzene ring substituents is 1. The smallest absolute Gasteiger partial charge is 0.315 e. The molecular formula is C33H23ClFN5O7. The van der Waals surface area contributed by atoms with Crippen LogP contribution in [0.1, 0.15) is 12.5 Å². The fourth-order valence-electron chi connectivity index (χ4n) is 4.77. The predicted molar refractivity (Wildman–Crippen MR) is 174 cm³/mol. The van der Waals surface area contributed by atoms with Gasteiger partial charge in [-0.2, -0.15) is 9.78 Å². The van der Waals surface area contributed by atoms with Crippen molar-refractivity contribution in [2.24, 2.45) is 5.10 Å². The third-order valence-corrected chi connectivity index (χ3v) is 7.02. The summed E-state index contributed by atoms with van der Waals surface area (Å²) in [6.45, 7) is 1.15. The number of nitrogens with zero attached hydrogens (tertiary/aromatic N) is 4. The number of fused-ring (bicyclic) bond motifs is 2. The molecule has 0 atom stereocenters. The molecule has 0 aliphatic heterocycles. The van der Waals surface area contributed by atoms with Crippen molar-refractivity contribution in [1.82, 2.24) is 9.66 Å². The van der Waals surface area contributed by atoms with Crippen molar-refractivity contribution in [3.05, 3.63) is 122 Å².